The molecule has 0 heterocycles. The Morgan fingerprint density at radius 2 is 1.89 bits per heavy atom. The van der Waals surface area contributed by atoms with Crippen molar-refractivity contribution in [1.82, 2.24) is 10.0 Å². The first-order chi connectivity index (χ1) is 12.8. The molecule has 0 unspecified atom stereocenters. The lowest BCUT2D eigenvalue weighted by atomic mass is 10.0. The summed E-state index contributed by atoms with van der Waals surface area (Å²) in [5.74, 6) is -0.362. The second kappa shape index (κ2) is 9.17. The van der Waals surface area contributed by atoms with Gasteiger partial charge in [0, 0.05) is 12.1 Å². The Morgan fingerprint density at radius 3 is 2.48 bits per heavy atom. The zero-order chi connectivity index (χ0) is 20.0. The van der Waals surface area contributed by atoms with Crippen LogP contribution in [0.3, 0.4) is 0 Å². The van der Waals surface area contributed by atoms with Gasteiger partial charge in [0.05, 0.1) is 11.1 Å². The quantitative estimate of drug-likeness (QED) is 0.651. The number of amides is 1. The van der Waals surface area contributed by atoms with Gasteiger partial charge >= 0.3 is 0 Å². The molecule has 1 atom stereocenters. The van der Waals surface area contributed by atoms with Crippen molar-refractivity contribution < 1.29 is 13.2 Å². The zero-order valence-electron chi connectivity index (χ0n) is 15.3. The van der Waals surface area contributed by atoms with Crippen molar-refractivity contribution in [2.75, 3.05) is 6.54 Å². The van der Waals surface area contributed by atoms with Gasteiger partial charge in [-0.05, 0) is 37.1 Å². The van der Waals surface area contributed by atoms with Crippen LogP contribution in [0, 0.1) is 6.92 Å². The fraction of sp³-hybridized carbons (Fsp3) is 0.250. The van der Waals surface area contributed by atoms with Crippen LogP contribution in [0.15, 0.2) is 60.0 Å². The lowest BCUT2D eigenvalue weighted by Crippen LogP contribution is -2.29. The standard InChI is InChI=1S/C20H23ClN2O3S/c1-4-12-22-27(25,26)19-13-16(10-11-17(19)21)20(24)23-18(5-2)15-8-6-14(3)7-9-15/h4,6-11,13,18,22H,1,5,12H2,2-3H3,(H,23,24)/t18-/m0/s1. The van der Waals surface area contributed by atoms with Crippen molar-refractivity contribution in [2.45, 2.75) is 31.2 Å². The second-order valence-electron chi connectivity index (χ2n) is 6.13. The molecule has 2 N–H and O–H groups in total. The minimum atomic E-state index is -3.83. The summed E-state index contributed by atoms with van der Waals surface area (Å²) in [5.41, 5.74) is 2.36. The highest BCUT2D eigenvalue weighted by Crippen LogP contribution is 2.24. The van der Waals surface area contributed by atoms with Crippen molar-refractivity contribution in [3.8, 4) is 0 Å². The van der Waals surface area contributed by atoms with Crippen LogP contribution in [-0.2, 0) is 10.0 Å². The van der Waals surface area contributed by atoms with Gasteiger partial charge in [0.1, 0.15) is 4.90 Å². The molecule has 0 saturated carbocycles. The van der Waals surface area contributed by atoms with Gasteiger partial charge < -0.3 is 5.32 Å². The molecule has 0 bridgehead atoms. The fourth-order valence-corrected chi connectivity index (χ4v) is 4.08. The van der Waals surface area contributed by atoms with Gasteiger partial charge in [-0.3, -0.25) is 4.79 Å². The van der Waals surface area contributed by atoms with E-state index in [-0.39, 0.29) is 34.0 Å². The summed E-state index contributed by atoms with van der Waals surface area (Å²) >= 11 is 6.03. The zero-order valence-corrected chi connectivity index (χ0v) is 16.9. The average Bonchev–Trinajstić information content (AvgIpc) is 2.65. The topological polar surface area (TPSA) is 75.3 Å². The number of carbonyl (C=O) groups excluding carboxylic acids is 1. The summed E-state index contributed by atoms with van der Waals surface area (Å²) in [4.78, 5) is 12.5. The molecule has 27 heavy (non-hydrogen) atoms. The van der Waals surface area contributed by atoms with Crippen molar-refractivity contribution in [2.24, 2.45) is 0 Å². The number of benzene rings is 2. The van der Waals surface area contributed by atoms with Crippen LogP contribution in [-0.4, -0.2) is 20.9 Å². The molecule has 0 saturated heterocycles. The highest BCUT2D eigenvalue weighted by atomic mass is 35.5. The number of halogens is 1. The van der Waals surface area contributed by atoms with Crippen LogP contribution in [0.4, 0.5) is 0 Å². The van der Waals surface area contributed by atoms with E-state index in [1.54, 1.807) is 0 Å². The SMILES string of the molecule is C=CCNS(=O)(=O)c1cc(C(=O)N[C@@H](CC)c2ccc(C)cc2)ccc1Cl. The van der Waals surface area contributed by atoms with Gasteiger partial charge in [-0.25, -0.2) is 13.1 Å². The molecule has 144 valence electrons. The van der Waals surface area contributed by atoms with Crippen molar-refractivity contribution in [3.63, 3.8) is 0 Å². The molecule has 0 spiro atoms. The first-order valence-corrected chi connectivity index (χ1v) is 10.4. The Bertz CT molecular complexity index is 925. The monoisotopic (exact) mass is 406 g/mol. The van der Waals surface area contributed by atoms with Crippen LogP contribution in [0.5, 0.6) is 0 Å². The predicted octanol–water partition coefficient (Wildman–Crippen LogP) is 3.99. The van der Waals surface area contributed by atoms with Crippen LogP contribution in [0.1, 0.15) is 40.9 Å². The fourth-order valence-electron chi connectivity index (χ4n) is 2.56. The maximum atomic E-state index is 12.7. The molecule has 7 heteroatoms. The molecular weight excluding hydrogens is 384 g/mol. The van der Waals surface area contributed by atoms with E-state index in [4.69, 9.17) is 11.6 Å². The Hall–Kier alpha value is -2.15. The number of hydrogen-bond acceptors (Lipinski definition) is 3. The molecule has 0 aliphatic carbocycles. The summed E-state index contributed by atoms with van der Waals surface area (Å²) in [5, 5.41) is 3.00. The van der Waals surface area contributed by atoms with E-state index in [9.17, 15) is 13.2 Å². The minimum Gasteiger partial charge on any atom is -0.345 e. The third kappa shape index (κ3) is 5.42. The van der Waals surface area contributed by atoms with Gasteiger partial charge in [-0.1, -0.05) is 54.4 Å². The Balaban J connectivity index is 2.26. The highest BCUT2D eigenvalue weighted by molar-refractivity contribution is 7.89. The Kier molecular flexibility index (Phi) is 7.18. The lowest BCUT2D eigenvalue weighted by Gasteiger charge is -2.18. The molecule has 2 aromatic rings. The van der Waals surface area contributed by atoms with E-state index in [1.807, 2.05) is 38.1 Å². The highest BCUT2D eigenvalue weighted by Gasteiger charge is 2.21. The third-order valence-corrected chi connectivity index (χ3v) is 6.00. The lowest BCUT2D eigenvalue weighted by molar-refractivity contribution is 0.0935. The van der Waals surface area contributed by atoms with Gasteiger partial charge in [-0.15, -0.1) is 6.58 Å². The number of carbonyl (C=O) groups is 1. The molecule has 5 nitrogen and oxygen atoms in total. The van der Waals surface area contributed by atoms with E-state index in [2.05, 4.69) is 16.6 Å². The molecule has 0 radical (unpaired) electrons. The van der Waals surface area contributed by atoms with E-state index in [0.717, 1.165) is 11.1 Å². The van der Waals surface area contributed by atoms with E-state index < -0.39 is 10.0 Å². The van der Waals surface area contributed by atoms with Gasteiger partial charge in [0.25, 0.3) is 5.91 Å². The molecule has 0 aromatic heterocycles. The maximum Gasteiger partial charge on any atom is 0.251 e. The third-order valence-electron chi connectivity index (χ3n) is 4.09. The predicted molar refractivity (Wildman–Crippen MR) is 109 cm³/mol. The smallest absolute Gasteiger partial charge is 0.251 e. The largest absolute Gasteiger partial charge is 0.345 e. The first kappa shape index (κ1) is 21.2. The molecule has 1 amide bonds. The molecule has 2 aromatic carbocycles. The number of sulfonamides is 1. The van der Waals surface area contributed by atoms with Crippen LogP contribution >= 0.6 is 11.6 Å². The van der Waals surface area contributed by atoms with E-state index in [1.165, 1.54) is 24.3 Å². The van der Waals surface area contributed by atoms with Gasteiger partial charge in [0.15, 0.2) is 0 Å². The maximum absolute atomic E-state index is 12.7. The number of hydrogen-bond donors (Lipinski definition) is 2. The molecule has 0 fully saturated rings. The molecule has 0 aliphatic heterocycles. The minimum absolute atomic E-state index is 0.0497. The molecule has 0 aliphatic rings. The summed E-state index contributed by atoms with van der Waals surface area (Å²) in [6.07, 6.45) is 2.13. The van der Waals surface area contributed by atoms with Crippen molar-refractivity contribution >= 4 is 27.5 Å². The number of aryl methyl sites for hydroxylation is 1. The Labute approximate surface area is 165 Å². The van der Waals surface area contributed by atoms with E-state index >= 15 is 0 Å². The van der Waals surface area contributed by atoms with Crippen LogP contribution in [0.2, 0.25) is 5.02 Å². The van der Waals surface area contributed by atoms with Crippen molar-refractivity contribution in [1.29, 1.82) is 0 Å². The summed E-state index contributed by atoms with van der Waals surface area (Å²) in [6.45, 7) is 7.52. The first-order valence-electron chi connectivity index (χ1n) is 8.56. The summed E-state index contributed by atoms with van der Waals surface area (Å²) < 4.78 is 27.0. The normalized spacial score (nSPS) is 12.4. The van der Waals surface area contributed by atoms with Crippen molar-refractivity contribution in [3.05, 3.63) is 76.8 Å². The second-order valence-corrected chi connectivity index (χ2v) is 8.27. The summed E-state index contributed by atoms with van der Waals surface area (Å²) in [6, 6.07) is 11.9. The molecular formula is C20H23ClN2O3S. The Morgan fingerprint density at radius 1 is 1.22 bits per heavy atom. The van der Waals surface area contributed by atoms with Crippen LogP contribution < -0.4 is 10.0 Å². The summed E-state index contributed by atoms with van der Waals surface area (Å²) in [7, 11) is -3.83. The molecule has 2 rings (SSSR count). The number of rotatable bonds is 8. The number of nitrogens with one attached hydrogen (secondary N) is 2. The average molecular weight is 407 g/mol. The van der Waals surface area contributed by atoms with Gasteiger partial charge in [-0.2, -0.15) is 0 Å². The van der Waals surface area contributed by atoms with Gasteiger partial charge in [0.2, 0.25) is 10.0 Å². The van der Waals surface area contributed by atoms with Crippen LogP contribution in [0.25, 0.3) is 0 Å². The van der Waals surface area contributed by atoms with E-state index in [0.29, 0.717) is 6.42 Å².